The largest absolute Gasteiger partial charge is 0.465 e. The van der Waals surface area contributed by atoms with E-state index in [-0.39, 0.29) is 0 Å². The molecular weight excluding hydrogens is 132 g/mol. The molecule has 0 saturated carbocycles. The number of hydrogen-bond acceptors (Lipinski definition) is 2. The summed E-state index contributed by atoms with van der Waals surface area (Å²) < 4.78 is 0. The third-order valence-corrected chi connectivity index (χ3v) is 1.75. The van der Waals surface area contributed by atoms with Crippen molar-refractivity contribution in [1.82, 2.24) is 10.2 Å². The summed E-state index contributed by atoms with van der Waals surface area (Å²) in [6.07, 6.45) is 0.242. The molecule has 1 atom stereocenters. The quantitative estimate of drug-likeness (QED) is 0.571. The topological polar surface area (TPSA) is 52.6 Å². The minimum Gasteiger partial charge on any atom is -0.465 e. The van der Waals surface area contributed by atoms with Gasteiger partial charge in [-0.2, -0.15) is 0 Å². The van der Waals surface area contributed by atoms with Crippen LogP contribution in [0.15, 0.2) is 0 Å². The minimum absolute atomic E-state index is 0.390. The number of hydrogen-bond donors (Lipinski definition) is 2. The summed E-state index contributed by atoms with van der Waals surface area (Å²) in [7, 11) is 1.59. The predicted octanol–water partition coefficient (Wildman–Crippen LogP) is -0.0419. The van der Waals surface area contributed by atoms with Crippen LogP contribution < -0.4 is 5.32 Å². The van der Waals surface area contributed by atoms with E-state index in [1.165, 1.54) is 4.90 Å². The predicted molar refractivity (Wildman–Crippen MR) is 37.1 cm³/mol. The molecule has 1 unspecified atom stereocenters. The van der Waals surface area contributed by atoms with Crippen molar-refractivity contribution in [3.8, 4) is 0 Å². The second-order valence-corrected chi connectivity index (χ2v) is 2.60. The third kappa shape index (κ3) is 1.60. The van der Waals surface area contributed by atoms with Gasteiger partial charge < -0.3 is 15.3 Å². The van der Waals surface area contributed by atoms with Crippen molar-refractivity contribution in [3.63, 3.8) is 0 Å². The first-order chi connectivity index (χ1) is 4.70. The van der Waals surface area contributed by atoms with Crippen LogP contribution in [0.25, 0.3) is 0 Å². The van der Waals surface area contributed by atoms with E-state index in [1.54, 1.807) is 7.05 Å². The zero-order valence-electron chi connectivity index (χ0n) is 6.00. The number of carbonyl (C=O) groups is 1. The average molecular weight is 144 g/mol. The van der Waals surface area contributed by atoms with Crippen molar-refractivity contribution in [2.24, 2.45) is 0 Å². The first kappa shape index (κ1) is 7.34. The fourth-order valence-corrected chi connectivity index (χ4v) is 0.913. The Bertz CT molecular complexity index is 134. The average Bonchev–Trinajstić information content (AvgIpc) is 1.77. The van der Waals surface area contributed by atoms with Gasteiger partial charge in [-0.05, 0) is 13.0 Å². The van der Waals surface area contributed by atoms with Crippen molar-refractivity contribution in [2.75, 3.05) is 20.1 Å². The summed E-state index contributed by atoms with van der Waals surface area (Å²) in [5.41, 5.74) is 0. The molecule has 0 aliphatic carbocycles. The Labute approximate surface area is 59.8 Å². The van der Waals surface area contributed by atoms with Gasteiger partial charge in [0.2, 0.25) is 0 Å². The molecule has 0 radical (unpaired) electrons. The highest BCUT2D eigenvalue weighted by atomic mass is 16.4. The summed E-state index contributed by atoms with van der Waals surface area (Å²) in [4.78, 5) is 11.6. The van der Waals surface area contributed by atoms with Gasteiger partial charge in [0.05, 0.1) is 0 Å². The van der Waals surface area contributed by atoms with Crippen LogP contribution in [0.4, 0.5) is 4.79 Å². The second-order valence-electron chi connectivity index (χ2n) is 2.60. The van der Waals surface area contributed by atoms with Gasteiger partial charge in [-0.25, -0.2) is 4.79 Å². The van der Waals surface area contributed by atoms with Gasteiger partial charge in [-0.1, -0.05) is 0 Å². The maximum Gasteiger partial charge on any atom is 0.407 e. The molecule has 1 saturated heterocycles. The van der Waals surface area contributed by atoms with Crippen LogP contribution in [0.5, 0.6) is 0 Å². The van der Waals surface area contributed by atoms with E-state index in [4.69, 9.17) is 5.11 Å². The van der Waals surface area contributed by atoms with Gasteiger partial charge in [0.15, 0.2) is 0 Å². The van der Waals surface area contributed by atoms with Crippen molar-refractivity contribution < 1.29 is 9.90 Å². The Kier molecular flexibility index (Phi) is 2.11. The van der Waals surface area contributed by atoms with E-state index in [0.29, 0.717) is 12.6 Å². The fraction of sp³-hybridized carbons (Fsp3) is 0.833. The number of rotatable bonds is 2. The van der Waals surface area contributed by atoms with Crippen molar-refractivity contribution in [1.29, 1.82) is 0 Å². The summed E-state index contributed by atoms with van der Waals surface area (Å²) >= 11 is 0. The molecule has 4 nitrogen and oxygen atoms in total. The second kappa shape index (κ2) is 2.88. The third-order valence-electron chi connectivity index (χ3n) is 1.75. The summed E-state index contributed by atoms with van der Waals surface area (Å²) in [6, 6.07) is 0.390. The molecule has 1 heterocycles. The Morgan fingerprint density at radius 3 is 2.80 bits per heavy atom. The summed E-state index contributed by atoms with van der Waals surface area (Å²) in [5, 5.41) is 11.6. The van der Waals surface area contributed by atoms with Crippen molar-refractivity contribution in [2.45, 2.75) is 12.5 Å². The molecular formula is C6H12N2O2. The lowest BCUT2D eigenvalue weighted by molar-refractivity contribution is 0.145. The zero-order valence-corrected chi connectivity index (χ0v) is 6.00. The van der Waals surface area contributed by atoms with Crippen LogP contribution in [-0.4, -0.2) is 42.3 Å². The number of likely N-dealkylation sites (N-methyl/N-ethyl adjacent to an activating group) is 1. The highest BCUT2D eigenvalue weighted by molar-refractivity contribution is 5.64. The first-order valence-electron chi connectivity index (χ1n) is 3.37. The Balaban J connectivity index is 2.16. The van der Waals surface area contributed by atoms with Crippen LogP contribution in [0.1, 0.15) is 6.42 Å². The highest BCUT2D eigenvalue weighted by Crippen LogP contribution is 2.02. The molecule has 0 aromatic rings. The molecule has 1 amide bonds. The molecule has 2 N–H and O–H groups in total. The first-order valence-corrected chi connectivity index (χ1v) is 3.37. The number of carboxylic acid groups (broad SMARTS) is 1. The van der Waals surface area contributed by atoms with E-state index in [0.717, 1.165) is 13.0 Å². The van der Waals surface area contributed by atoms with Gasteiger partial charge in [-0.15, -0.1) is 0 Å². The standard InChI is InChI=1S/C6H12N2O2/c1-8(6(9)10)4-5-2-3-7-5/h5,7H,2-4H2,1H3,(H,9,10). The molecule has 0 aromatic heterocycles. The van der Waals surface area contributed by atoms with Crippen LogP contribution in [-0.2, 0) is 0 Å². The Hall–Kier alpha value is -0.770. The van der Waals surface area contributed by atoms with Gasteiger partial charge in [0, 0.05) is 19.6 Å². The molecule has 0 aromatic carbocycles. The van der Waals surface area contributed by atoms with Gasteiger partial charge in [0.1, 0.15) is 0 Å². The van der Waals surface area contributed by atoms with Crippen molar-refractivity contribution in [3.05, 3.63) is 0 Å². The molecule has 0 spiro atoms. The van der Waals surface area contributed by atoms with Crippen LogP contribution in [0.2, 0.25) is 0 Å². The lowest BCUT2D eigenvalue weighted by Crippen LogP contribution is -2.50. The molecule has 10 heavy (non-hydrogen) atoms. The van der Waals surface area contributed by atoms with E-state index < -0.39 is 6.09 Å². The monoisotopic (exact) mass is 144 g/mol. The van der Waals surface area contributed by atoms with Crippen LogP contribution in [0.3, 0.4) is 0 Å². The van der Waals surface area contributed by atoms with E-state index in [1.807, 2.05) is 0 Å². The molecule has 4 heteroatoms. The number of amides is 1. The molecule has 1 aliphatic rings. The summed E-state index contributed by atoms with van der Waals surface area (Å²) in [5.74, 6) is 0. The molecule has 0 bridgehead atoms. The van der Waals surface area contributed by atoms with Gasteiger partial charge in [0.25, 0.3) is 0 Å². The zero-order chi connectivity index (χ0) is 7.56. The van der Waals surface area contributed by atoms with E-state index in [9.17, 15) is 4.79 Å². The molecule has 1 fully saturated rings. The van der Waals surface area contributed by atoms with E-state index in [2.05, 4.69) is 5.32 Å². The van der Waals surface area contributed by atoms with Gasteiger partial charge in [-0.3, -0.25) is 0 Å². The van der Waals surface area contributed by atoms with E-state index >= 15 is 0 Å². The lowest BCUT2D eigenvalue weighted by Gasteiger charge is -2.30. The normalized spacial score (nSPS) is 23.5. The molecule has 1 aliphatic heterocycles. The lowest BCUT2D eigenvalue weighted by atomic mass is 10.1. The molecule has 1 rings (SSSR count). The smallest absolute Gasteiger partial charge is 0.407 e. The highest BCUT2D eigenvalue weighted by Gasteiger charge is 2.19. The van der Waals surface area contributed by atoms with Crippen LogP contribution in [0, 0.1) is 0 Å². The van der Waals surface area contributed by atoms with Crippen molar-refractivity contribution >= 4 is 6.09 Å². The van der Waals surface area contributed by atoms with Gasteiger partial charge >= 0.3 is 6.09 Å². The summed E-state index contributed by atoms with van der Waals surface area (Å²) in [6.45, 7) is 1.63. The Morgan fingerprint density at radius 1 is 1.90 bits per heavy atom. The molecule has 58 valence electrons. The van der Waals surface area contributed by atoms with Crippen LogP contribution >= 0.6 is 0 Å². The number of nitrogens with zero attached hydrogens (tertiary/aromatic N) is 1. The Morgan fingerprint density at radius 2 is 2.50 bits per heavy atom. The maximum absolute atomic E-state index is 10.3. The maximum atomic E-state index is 10.3. The fourth-order valence-electron chi connectivity index (χ4n) is 0.913. The number of nitrogens with one attached hydrogen (secondary N) is 1. The minimum atomic E-state index is -0.853. The SMILES string of the molecule is CN(CC1CCN1)C(=O)O.